The Labute approximate surface area is 153 Å². The second kappa shape index (κ2) is 7.75. The lowest BCUT2D eigenvalue weighted by Crippen LogP contribution is -2.16. The van der Waals surface area contributed by atoms with Crippen LogP contribution in [0.2, 0.25) is 0 Å². The van der Waals surface area contributed by atoms with E-state index in [-0.39, 0.29) is 5.69 Å². The molecular weight excluding hydrogens is 360 g/mol. The fourth-order valence-corrected chi connectivity index (χ4v) is 4.16. The molecule has 0 fully saturated rings. The molecule has 0 unspecified atom stereocenters. The predicted molar refractivity (Wildman–Crippen MR) is 98.7 cm³/mol. The van der Waals surface area contributed by atoms with Gasteiger partial charge in [-0.1, -0.05) is 11.8 Å². The monoisotopic (exact) mass is 378 g/mol. The van der Waals surface area contributed by atoms with Crippen molar-refractivity contribution in [3.05, 3.63) is 39.8 Å². The highest BCUT2D eigenvalue weighted by Crippen LogP contribution is 2.35. The zero-order valence-corrected chi connectivity index (χ0v) is 15.7. The molecule has 2 aromatic heterocycles. The van der Waals surface area contributed by atoms with Crippen molar-refractivity contribution in [1.82, 2.24) is 19.7 Å². The number of thiazole rings is 1. The summed E-state index contributed by atoms with van der Waals surface area (Å²) < 4.78 is 12.3. The minimum atomic E-state index is -0.188. The van der Waals surface area contributed by atoms with Crippen LogP contribution in [0.5, 0.6) is 11.5 Å². The summed E-state index contributed by atoms with van der Waals surface area (Å²) >= 11 is 3.04. The number of hydrogen-bond donors (Lipinski definition) is 1. The van der Waals surface area contributed by atoms with Gasteiger partial charge in [-0.05, 0) is 19.1 Å². The van der Waals surface area contributed by atoms with Gasteiger partial charge in [0, 0.05) is 23.7 Å². The molecule has 2 heterocycles. The van der Waals surface area contributed by atoms with Gasteiger partial charge in [0.25, 0.3) is 0 Å². The third kappa shape index (κ3) is 3.72. The van der Waals surface area contributed by atoms with Gasteiger partial charge in [0.1, 0.15) is 16.5 Å². The van der Waals surface area contributed by atoms with Gasteiger partial charge in [0.2, 0.25) is 0 Å². The molecule has 0 radical (unpaired) electrons. The van der Waals surface area contributed by atoms with E-state index in [2.05, 4.69) is 15.2 Å². The summed E-state index contributed by atoms with van der Waals surface area (Å²) in [7, 11) is 3.25. The number of aromatic nitrogens is 4. The molecule has 3 aromatic rings. The van der Waals surface area contributed by atoms with Crippen molar-refractivity contribution in [2.45, 2.75) is 24.4 Å². The topological polar surface area (TPSA) is 82.0 Å². The van der Waals surface area contributed by atoms with Crippen LogP contribution in [0.3, 0.4) is 0 Å². The number of thioether (sulfide) groups is 1. The molecule has 1 N–H and O–H groups in total. The Morgan fingerprint density at radius 2 is 2.16 bits per heavy atom. The van der Waals surface area contributed by atoms with Gasteiger partial charge in [-0.25, -0.2) is 14.9 Å². The average molecular weight is 378 g/mol. The van der Waals surface area contributed by atoms with Crippen LogP contribution in [0.1, 0.15) is 12.6 Å². The summed E-state index contributed by atoms with van der Waals surface area (Å²) in [6, 6.07) is 5.67. The van der Waals surface area contributed by atoms with Gasteiger partial charge in [-0.2, -0.15) is 0 Å². The summed E-state index contributed by atoms with van der Waals surface area (Å²) in [4.78, 5) is 16.3. The Kier molecular flexibility index (Phi) is 5.44. The molecule has 0 amide bonds. The quantitative estimate of drug-likeness (QED) is 0.637. The van der Waals surface area contributed by atoms with Crippen LogP contribution in [0, 0.1) is 0 Å². The molecule has 0 aliphatic carbocycles. The van der Waals surface area contributed by atoms with E-state index in [0.29, 0.717) is 17.5 Å². The van der Waals surface area contributed by atoms with Gasteiger partial charge in [-0.15, -0.1) is 16.4 Å². The molecule has 0 bridgehead atoms. The summed E-state index contributed by atoms with van der Waals surface area (Å²) in [5.74, 6) is 2.10. The van der Waals surface area contributed by atoms with Gasteiger partial charge in [0.05, 0.1) is 25.5 Å². The van der Waals surface area contributed by atoms with Crippen LogP contribution in [0.25, 0.3) is 10.6 Å². The number of benzene rings is 1. The summed E-state index contributed by atoms with van der Waals surface area (Å²) in [5, 5.41) is 10.1. The number of aromatic amines is 1. The predicted octanol–water partition coefficient (Wildman–Crippen LogP) is 3.02. The molecular formula is C16H18N4O3S2. The molecule has 0 aliphatic heterocycles. The Hall–Kier alpha value is -2.26. The van der Waals surface area contributed by atoms with Crippen molar-refractivity contribution < 1.29 is 9.47 Å². The van der Waals surface area contributed by atoms with E-state index in [1.807, 2.05) is 30.5 Å². The third-order valence-electron chi connectivity index (χ3n) is 3.58. The summed E-state index contributed by atoms with van der Waals surface area (Å²) in [5.41, 5.74) is 1.67. The van der Waals surface area contributed by atoms with E-state index < -0.39 is 0 Å². The first-order valence-electron chi connectivity index (χ1n) is 7.61. The Morgan fingerprint density at radius 3 is 2.88 bits per heavy atom. The number of hydrogen-bond acceptors (Lipinski definition) is 7. The maximum absolute atomic E-state index is 11.6. The molecule has 25 heavy (non-hydrogen) atoms. The molecule has 0 aliphatic rings. The second-order valence-corrected chi connectivity index (χ2v) is 6.86. The SMILES string of the molecule is CCn1c(SCc2csc(-c3ccc(OC)cc3OC)n2)n[nH]c1=O. The van der Waals surface area contributed by atoms with Crippen molar-refractivity contribution in [3.8, 4) is 22.1 Å². The van der Waals surface area contributed by atoms with Gasteiger partial charge < -0.3 is 9.47 Å². The van der Waals surface area contributed by atoms with Gasteiger partial charge >= 0.3 is 5.69 Å². The normalized spacial score (nSPS) is 10.8. The van der Waals surface area contributed by atoms with Crippen LogP contribution < -0.4 is 15.2 Å². The summed E-state index contributed by atoms with van der Waals surface area (Å²) in [6.07, 6.45) is 0. The van der Waals surface area contributed by atoms with Crippen molar-refractivity contribution in [2.24, 2.45) is 0 Å². The highest BCUT2D eigenvalue weighted by atomic mass is 32.2. The molecule has 132 valence electrons. The Bertz CT molecular complexity index is 916. The maximum Gasteiger partial charge on any atom is 0.343 e. The Balaban J connectivity index is 1.77. The Morgan fingerprint density at radius 1 is 1.32 bits per heavy atom. The van der Waals surface area contributed by atoms with E-state index in [9.17, 15) is 4.79 Å². The second-order valence-electron chi connectivity index (χ2n) is 5.05. The molecule has 9 heteroatoms. The molecule has 0 atom stereocenters. The van der Waals surface area contributed by atoms with Crippen molar-refractivity contribution in [2.75, 3.05) is 14.2 Å². The first kappa shape index (κ1) is 17.6. The van der Waals surface area contributed by atoms with E-state index >= 15 is 0 Å². The van der Waals surface area contributed by atoms with Gasteiger partial charge in [0.15, 0.2) is 5.16 Å². The summed E-state index contributed by atoms with van der Waals surface area (Å²) in [6.45, 7) is 2.50. The van der Waals surface area contributed by atoms with Crippen LogP contribution in [-0.2, 0) is 12.3 Å². The molecule has 1 aromatic carbocycles. The zero-order chi connectivity index (χ0) is 17.8. The van der Waals surface area contributed by atoms with Crippen LogP contribution >= 0.6 is 23.1 Å². The highest BCUT2D eigenvalue weighted by molar-refractivity contribution is 7.98. The van der Waals surface area contributed by atoms with E-state index in [4.69, 9.17) is 9.47 Å². The molecule has 3 rings (SSSR count). The fraction of sp³-hybridized carbons (Fsp3) is 0.312. The lowest BCUT2D eigenvalue weighted by Gasteiger charge is -2.08. The zero-order valence-electron chi connectivity index (χ0n) is 14.1. The molecule has 0 saturated carbocycles. The third-order valence-corrected chi connectivity index (χ3v) is 5.51. The van der Waals surface area contributed by atoms with E-state index in [1.54, 1.807) is 30.1 Å². The number of methoxy groups -OCH3 is 2. The number of ether oxygens (including phenoxy) is 2. The van der Waals surface area contributed by atoms with E-state index in [1.165, 1.54) is 11.8 Å². The molecule has 7 nitrogen and oxygen atoms in total. The largest absolute Gasteiger partial charge is 0.497 e. The maximum atomic E-state index is 11.6. The number of nitrogens with one attached hydrogen (secondary N) is 1. The lowest BCUT2D eigenvalue weighted by molar-refractivity contribution is 0.395. The van der Waals surface area contributed by atoms with Crippen LogP contribution in [0.15, 0.2) is 33.5 Å². The fourth-order valence-electron chi connectivity index (χ4n) is 2.30. The molecule has 0 spiro atoms. The smallest absolute Gasteiger partial charge is 0.343 e. The molecule has 0 saturated heterocycles. The van der Waals surface area contributed by atoms with Crippen LogP contribution in [-0.4, -0.2) is 34.0 Å². The van der Waals surface area contributed by atoms with E-state index in [0.717, 1.165) is 27.8 Å². The lowest BCUT2D eigenvalue weighted by atomic mass is 10.2. The van der Waals surface area contributed by atoms with Crippen molar-refractivity contribution in [3.63, 3.8) is 0 Å². The highest BCUT2D eigenvalue weighted by Gasteiger charge is 2.13. The minimum Gasteiger partial charge on any atom is -0.497 e. The average Bonchev–Trinajstić information content (AvgIpc) is 3.25. The number of rotatable bonds is 7. The van der Waals surface area contributed by atoms with Crippen molar-refractivity contribution >= 4 is 23.1 Å². The number of nitrogens with zero attached hydrogens (tertiary/aromatic N) is 3. The van der Waals surface area contributed by atoms with Gasteiger partial charge in [-0.3, -0.25) is 4.57 Å². The minimum absolute atomic E-state index is 0.188. The standard InChI is InChI=1S/C16H18N4O3S2/c1-4-20-15(21)18-19-16(20)25-9-10-8-24-14(17-10)12-6-5-11(22-2)7-13(12)23-3/h5-8H,4,9H2,1-3H3,(H,18,21). The number of H-pyrrole nitrogens is 1. The van der Waals surface area contributed by atoms with Crippen LogP contribution in [0.4, 0.5) is 0 Å². The first-order valence-corrected chi connectivity index (χ1v) is 9.47. The van der Waals surface area contributed by atoms with Crippen molar-refractivity contribution in [1.29, 1.82) is 0 Å². The first-order chi connectivity index (χ1) is 12.2.